The molecule has 0 spiro atoms. The summed E-state index contributed by atoms with van der Waals surface area (Å²) in [5, 5.41) is 5.98. The number of carbonyl (C=O) groups excluding carboxylic acids is 1. The fourth-order valence-corrected chi connectivity index (χ4v) is 4.93. The van der Waals surface area contributed by atoms with Crippen LogP contribution in [0.2, 0.25) is 5.02 Å². The van der Waals surface area contributed by atoms with Gasteiger partial charge in [-0.25, -0.2) is 0 Å². The lowest BCUT2D eigenvalue weighted by Gasteiger charge is -2.07. The van der Waals surface area contributed by atoms with Crippen LogP contribution in [-0.4, -0.2) is 17.0 Å². The lowest BCUT2D eigenvalue weighted by molar-refractivity contribution is 0.0958. The predicted molar refractivity (Wildman–Crippen MR) is 124 cm³/mol. The molecule has 29 heavy (non-hydrogen) atoms. The Morgan fingerprint density at radius 2 is 1.97 bits per heavy atom. The lowest BCUT2D eigenvalue weighted by atomic mass is 10.1. The minimum absolute atomic E-state index is 0.0363. The molecule has 0 unspecified atom stereocenters. The van der Waals surface area contributed by atoms with Crippen LogP contribution in [0.5, 0.6) is 0 Å². The maximum Gasteiger partial charge on any atom is 0.261 e. The average Bonchev–Trinajstić information content (AvgIpc) is 3.29. The van der Waals surface area contributed by atoms with Crippen molar-refractivity contribution in [3.63, 3.8) is 0 Å². The Labute approximate surface area is 180 Å². The number of hydrogen-bond donors (Lipinski definition) is 1. The van der Waals surface area contributed by atoms with Gasteiger partial charge in [-0.15, -0.1) is 11.3 Å². The quantitative estimate of drug-likeness (QED) is 0.359. The lowest BCUT2D eigenvalue weighted by Crippen LogP contribution is -2.24. The summed E-state index contributed by atoms with van der Waals surface area (Å²) >= 11 is 7.72. The van der Waals surface area contributed by atoms with Gasteiger partial charge in [0.05, 0.1) is 4.88 Å². The van der Waals surface area contributed by atoms with E-state index in [4.69, 9.17) is 11.6 Å². The molecule has 3 nitrogen and oxygen atoms in total. The van der Waals surface area contributed by atoms with Crippen LogP contribution in [-0.2, 0) is 13.0 Å². The molecule has 5 heteroatoms. The first kappa shape index (κ1) is 20.0. The van der Waals surface area contributed by atoms with Gasteiger partial charge in [0.15, 0.2) is 0 Å². The number of nitrogens with zero attached hydrogens (tertiary/aromatic N) is 1. The second kappa shape index (κ2) is 8.60. The third kappa shape index (κ3) is 4.34. The van der Waals surface area contributed by atoms with Crippen LogP contribution in [0.15, 0.2) is 54.7 Å². The van der Waals surface area contributed by atoms with E-state index in [-0.39, 0.29) is 5.91 Å². The van der Waals surface area contributed by atoms with Crippen molar-refractivity contribution in [3.05, 3.63) is 70.2 Å². The van der Waals surface area contributed by atoms with Crippen molar-refractivity contribution in [1.29, 1.82) is 0 Å². The number of rotatable bonds is 7. The van der Waals surface area contributed by atoms with Crippen LogP contribution in [0.4, 0.5) is 0 Å². The zero-order chi connectivity index (χ0) is 20.4. The summed E-state index contributed by atoms with van der Waals surface area (Å²) in [5.41, 5.74) is 2.55. The van der Waals surface area contributed by atoms with Gasteiger partial charge in [0.1, 0.15) is 0 Å². The fourth-order valence-electron chi connectivity index (χ4n) is 3.64. The molecule has 0 fully saturated rings. The number of nitrogens with one attached hydrogen (secondary N) is 1. The first-order valence-corrected chi connectivity index (χ1v) is 11.3. The summed E-state index contributed by atoms with van der Waals surface area (Å²) < 4.78 is 3.39. The number of amides is 1. The minimum atomic E-state index is -0.0363. The first-order valence-electron chi connectivity index (χ1n) is 10.1. The van der Waals surface area contributed by atoms with Gasteiger partial charge in [-0.05, 0) is 48.6 Å². The van der Waals surface area contributed by atoms with E-state index >= 15 is 0 Å². The van der Waals surface area contributed by atoms with E-state index in [1.54, 1.807) is 0 Å². The SMILES string of the molecule is CC(C)CCn1cc(CCNC(=O)c2cc3c(Cl)cccc3s2)c2ccccc21. The largest absolute Gasteiger partial charge is 0.351 e. The molecule has 4 aromatic rings. The third-order valence-electron chi connectivity index (χ3n) is 5.23. The summed E-state index contributed by atoms with van der Waals surface area (Å²) in [6.45, 7) is 6.14. The van der Waals surface area contributed by atoms with Crippen molar-refractivity contribution in [2.24, 2.45) is 5.92 Å². The Balaban J connectivity index is 1.45. The first-order chi connectivity index (χ1) is 14.0. The maximum absolute atomic E-state index is 12.6. The number of thiophene rings is 1. The molecule has 4 rings (SSSR count). The summed E-state index contributed by atoms with van der Waals surface area (Å²) in [7, 11) is 0. The minimum Gasteiger partial charge on any atom is -0.351 e. The van der Waals surface area contributed by atoms with E-state index in [1.807, 2.05) is 24.3 Å². The molecule has 0 atom stereocenters. The van der Waals surface area contributed by atoms with Gasteiger partial charge in [0, 0.05) is 45.3 Å². The van der Waals surface area contributed by atoms with Crippen LogP contribution >= 0.6 is 22.9 Å². The summed E-state index contributed by atoms with van der Waals surface area (Å²) in [5.74, 6) is 0.638. The smallest absolute Gasteiger partial charge is 0.261 e. The molecule has 2 heterocycles. The molecule has 0 radical (unpaired) electrons. The standard InChI is InChI=1S/C24H25ClN2OS/c1-16(2)11-13-27-15-17(18-6-3-4-8-21(18)27)10-12-26-24(28)23-14-19-20(25)7-5-9-22(19)29-23/h3-9,14-16H,10-13H2,1-2H3,(H,26,28). The highest BCUT2D eigenvalue weighted by Gasteiger charge is 2.13. The van der Waals surface area contributed by atoms with Crippen molar-refractivity contribution in [1.82, 2.24) is 9.88 Å². The van der Waals surface area contributed by atoms with Crippen LogP contribution in [0.3, 0.4) is 0 Å². The summed E-state index contributed by atoms with van der Waals surface area (Å²) in [6.07, 6.45) is 4.22. The van der Waals surface area contributed by atoms with Crippen molar-refractivity contribution < 1.29 is 4.79 Å². The van der Waals surface area contributed by atoms with Crippen LogP contribution in [0, 0.1) is 5.92 Å². The van der Waals surface area contributed by atoms with E-state index in [0.717, 1.165) is 29.5 Å². The monoisotopic (exact) mass is 424 g/mol. The zero-order valence-corrected chi connectivity index (χ0v) is 18.3. The van der Waals surface area contributed by atoms with Crippen molar-refractivity contribution in [2.45, 2.75) is 33.2 Å². The van der Waals surface area contributed by atoms with Gasteiger partial charge in [-0.2, -0.15) is 0 Å². The highest BCUT2D eigenvalue weighted by molar-refractivity contribution is 7.20. The van der Waals surface area contributed by atoms with E-state index in [9.17, 15) is 4.79 Å². The molecule has 0 aliphatic heterocycles. The average molecular weight is 425 g/mol. The molecular formula is C24H25ClN2OS. The molecule has 0 saturated carbocycles. The normalized spacial score (nSPS) is 11.6. The number of fused-ring (bicyclic) bond motifs is 2. The van der Waals surface area contributed by atoms with E-state index in [2.05, 4.69) is 54.2 Å². The predicted octanol–water partition coefficient (Wildman–Crippen LogP) is 6.53. The Morgan fingerprint density at radius 1 is 1.14 bits per heavy atom. The molecular weight excluding hydrogens is 400 g/mol. The highest BCUT2D eigenvalue weighted by atomic mass is 35.5. The zero-order valence-electron chi connectivity index (χ0n) is 16.7. The Bertz CT molecular complexity index is 1160. The number of hydrogen-bond acceptors (Lipinski definition) is 2. The van der Waals surface area contributed by atoms with Gasteiger partial charge in [-0.1, -0.05) is 49.7 Å². The number of para-hydroxylation sites is 1. The summed E-state index contributed by atoms with van der Waals surface area (Å²) in [6, 6.07) is 16.2. The number of aryl methyl sites for hydroxylation is 1. The van der Waals surface area contributed by atoms with E-state index < -0.39 is 0 Å². The van der Waals surface area contributed by atoms with Gasteiger partial charge in [-0.3, -0.25) is 4.79 Å². The molecule has 150 valence electrons. The summed E-state index contributed by atoms with van der Waals surface area (Å²) in [4.78, 5) is 13.3. The van der Waals surface area contributed by atoms with E-state index in [0.29, 0.717) is 22.4 Å². The second-order valence-corrected chi connectivity index (χ2v) is 9.31. The van der Waals surface area contributed by atoms with Crippen LogP contribution in [0.1, 0.15) is 35.5 Å². The Hall–Kier alpha value is -2.30. The molecule has 2 aromatic carbocycles. The van der Waals surface area contributed by atoms with Gasteiger partial charge >= 0.3 is 0 Å². The molecule has 0 saturated heterocycles. The molecule has 1 amide bonds. The van der Waals surface area contributed by atoms with Crippen LogP contribution in [0.25, 0.3) is 21.0 Å². The second-order valence-electron chi connectivity index (χ2n) is 7.82. The number of benzene rings is 2. The molecule has 2 aromatic heterocycles. The van der Waals surface area contributed by atoms with Gasteiger partial charge in [0.25, 0.3) is 5.91 Å². The molecule has 0 bridgehead atoms. The van der Waals surface area contributed by atoms with Crippen molar-refractivity contribution >= 4 is 49.8 Å². The van der Waals surface area contributed by atoms with Crippen LogP contribution < -0.4 is 5.32 Å². The molecule has 1 N–H and O–H groups in total. The Morgan fingerprint density at radius 3 is 2.76 bits per heavy atom. The van der Waals surface area contributed by atoms with Crippen molar-refractivity contribution in [2.75, 3.05) is 6.54 Å². The topological polar surface area (TPSA) is 34.0 Å². The fraction of sp³-hybridized carbons (Fsp3) is 0.292. The molecule has 0 aliphatic rings. The Kier molecular flexibility index (Phi) is 5.93. The van der Waals surface area contributed by atoms with Crippen molar-refractivity contribution in [3.8, 4) is 0 Å². The highest BCUT2D eigenvalue weighted by Crippen LogP contribution is 2.31. The maximum atomic E-state index is 12.6. The number of aromatic nitrogens is 1. The van der Waals surface area contributed by atoms with E-state index in [1.165, 1.54) is 27.8 Å². The number of carbonyl (C=O) groups is 1. The van der Waals surface area contributed by atoms with Gasteiger partial charge in [0.2, 0.25) is 0 Å². The number of halogens is 1. The molecule has 0 aliphatic carbocycles. The van der Waals surface area contributed by atoms with Gasteiger partial charge < -0.3 is 9.88 Å². The third-order valence-corrected chi connectivity index (χ3v) is 6.66.